The van der Waals surface area contributed by atoms with Crippen LogP contribution in [0.15, 0.2) is 42.5 Å². The van der Waals surface area contributed by atoms with Crippen molar-refractivity contribution in [3.8, 4) is 0 Å². The molecule has 0 bridgehead atoms. The Hall–Kier alpha value is -2.78. The Labute approximate surface area is 150 Å². The molecule has 0 aromatic heterocycles. The van der Waals surface area contributed by atoms with Crippen LogP contribution >= 0.6 is 0 Å². The van der Waals surface area contributed by atoms with Crippen LogP contribution in [-0.4, -0.2) is 36.4 Å². The van der Waals surface area contributed by atoms with Gasteiger partial charge in [0.05, 0.1) is 11.2 Å². The summed E-state index contributed by atoms with van der Waals surface area (Å²) in [5.74, 6) is -0.468. The first-order valence-electron chi connectivity index (χ1n) is 7.87. The largest absolute Gasteiger partial charge is 0.322 e. The van der Waals surface area contributed by atoms with Gasteiger partial charge in [0.1, 0.15) is 0 Å². The molecule has 1 heterocycles. The van der Waals surface area contributed by atoms with Crippen molar-refractivity contribution >= 4 is 27.3 Å². The Balaban J connectivity index is 1.80. The monoisotopic (exact) mass is 375 g/mol. The average Bonchev–Trinajstić information content (AvgIpc) is 2.60. The van der Waals surface area contributed by atoms with E-state index in [1.54, 1.807) is 12.1 Å². The summed E-state index contributed by atoms with van der Waals surface area (Å²) in [4.78, 5) is 22.6. The van der Waals surface area contributed by atoms with Gasteiger partial charge in [0.2, 0.25) is 10.0 Å². The molecule has 136 valence electrons. The molecule has 1 aliphatic rings. The summed E-state index contributed by atoms with van der Waals surface area (Å²) < 4.78 is 24.9. The van der Waals surface area contributed by atoms with E-state index in [9.17, 15) is 23.3 Å². The number of anilines is 1. The lowest BCUT2D eigenvalue weighted by atomic mass is 10.0. The second kappa shape index (κ2) is 6.85. The molecule has 0 saturated carbocycles. The molecule has 8 nitrogen and oxygen atoms in total. The van der Waals surface area contributed by atoms with Gasteiger partial charge in [0, 0.05) is 36.5 Å². The Kier molecular flexibility index (Phi) is 4.75. The van der Waals surface area contributed by atoms with Crippen molar-refractivity contribution in [2.75, 3.05) is 18.1 Å². The molecule has 26 heavy (non-hydrogen) atoms. The maximum Gasteiger partial charge on any atom is 0.270 e. The van der Waals surface area contributed by atoms with Gasteiger partial charge in [-0.2, -0.15) is 4.31 Å². The third-order valence-electron chi connectivity index (χ3n) is 4.23. The maximum atomic E-state index is 12.3. The number of non-ortho nitro benzene ring substituents is 1. The molecule has 0 spiro atoms. The zero-order valence-electron chi connectivity index (χ0n) is 14.0. The van der Waals surface area contributed by atoms with Gasteiger partial charge < -0.3 is 5.32 Å². The van der Waals surface area contributed by atoms with E-state index in [2.05, 4.69) is 5.32 Å². The van der Waals surface area contributed by atoms with Gasteiger partial charge >= 0.3 is 0 Å². The minimum Gasteiger partial charge on any atom is -0.322 e. The minimum absolute atomic E-state index is 0.160. The van der Waals surface area contributed by atoms with Crippen LogP contribution in [0.1, 0.15) is 21.5 Å². The SMILES string of the molecule is CS(=O)(=O)N1CCc2ccc(NC(=O)c3cccc([N+](=O)[O-])c3)cc2C1. The molecule has 0 radical (unpaired) electrons. The Morgan fingerprint density at radius 2 is 1.96 bits per heavy atom. The van der Waals surface area contributed by atoms with Crippen LogP contribution in [0.4, 0.5) is 11.4 Å². The smallest absolute Gasteiger partial charge is 0.270 e. The lowest BCUT2D eigenvalue weighted by molar-refractivity contribution is -0.384. The number of hydrogen-bond acceptors (Lipinski definition) is 5. The highest BCUT2D eigenvalue weighted by Crippen LogP contribution is 2.24. The summed E-state index contributed by atoms with van der Waals surface area (Å²) in [6.45, 7) is 0.694. The quantitative estimate of drug-likeness (QED) is 0.650. The lowest BCUT2D eigenvalue weighted by Crippen LogP contribution is -2.35. The molecule has 1 amide bonds. The number of carbonyl (C=O) groups excluding carboxylic acids is 1. The molecule has 3 rings (SSSR count). The van der Waals surface area contributed by atoms with Crippen LogP contribution in [0.5, 0.6) is 0 Å². The number of carbonyl (C=O) groups is 1. The van der Waals surface area contributed by atoms with Crippen LogP contribution in [0.3, 0.4) is 0 Å². The summed E-state index contributed by atoms with van der Waals surface area (Å²) in [7, 11) is -3.28. The van der Waals surface area contributed by atoms with Crippen LogP contribution < -0.4 is 5.32 Å². The van der Waals surface area contributed by atoms with Crippen molar-refractivity contribution in [1.82, 2.24) is 4.31 Å². The van der Waals surface area contributed by atoms with Gasteiger partial charge in [-0.1, -0.05) is 12.1 Å². The molecular weight excluding hydrogens is 358 g/mol. The molecule has 1 aliphatic heterocycles. The second-order valence-electron chi connectivity index (χ2n) is 6.09. The standard InChI is InChI=1S/C17H17N3O5S/c1-26(24,25)19-8-7-12-5-6-15(9-14(12)11-19)18-17(21)13-3-2-4-16(10-13)20(22)23/h2-6,9-10H,7-8,11H2,1H3,(H,18,21). The number of nitro benzene ring substituents is 1. The van der Waals surface area contributed by atoms with Gasteiger partial charge in [-0.15, -0.1) is 0 Å². The highest BCUT2D eigenvalue weighted by atomic mass is 32.2. The first-order chi connectivity index (χ1) is 12.2. The number of amides is 1. The minimum atomic E-state index is -3.28. The molecule has 0 aliphatic carbocycles. The summed E-state index contributed by atoms with van der Waals surface area (Å²) in [6.07, 6.45) is 1.79. The molecule has 1 N–H and O–H groups in total. The molecule has 2 aromatic rings. The third kappa shape index (κ3) is 3.89. The van der Waals surface area contributed by atoms with Gasteiger partial charge in [-0.25, -0.2) is 8.42 Å². The number of hydrogen-bond donors (Lipinski definition) is 1. The predicted octanol–water partition coefficient (Wildman–Crippen LogP) is 2.16. The van der Waals surface area contributed by atoms with E-state index >= 15 is 0 Å². The molecule has 0 atom stereocenters. The number of sulfonamides is 1. The number of nitro groups is 1. The maximum absolute atomic E-state index is 12.3. The molecule has 0 fully saturated rings. The predicted molar refractivity (Wildman–Crippen MR) is 96.4 cm³/mol. The summed E-state index contributed by atoms with van der Waals surface area (Å²) >= 11 is 0. The second-order valence-corrected chi connectivity index (χ2v) is 8.07. The highest BCUT2D eigenvalue weighted by Gasteiger charge is 2.23. The number of nitrogens with zero attached hydrogens (tertiary/aromatic N) is 2. The van der Waals surface area contributed by atoms with Gasteiger partial charge in [-0.05, 0) is 35.7 Å². The number of rotatable bonds is 4. The number of benzene rings is 2. The summed E-state index contributed by atoms with van der Waals surface area (Å²) in [6, 6.07) is 10.8. The first kappa shape index (κ1) is 18.0. The van der Waals surface area contributed by atoms with Crippen LogP contribution in [0.2, 0.25) is 0 Å². The van der Waals surface area contributed by atoms with Crippen molar-refractivity contribution in [2.24, 2.45) is 0 Å². The lowest BCUT2D eigenvalue weighted by Gasteiger charge is -2.27. The number of nitrogens with one attached hydrogen (secondary N) is 1. The molecule has 2 aromatic carbocycles. The van der Waals surface area contributed by atoms with Crippen molar-refractivity contribution in [2.45, 2.75) is 13.0 Å². The Bertz CT molecular complexity index is 988. The summed E-state index contributed by atoms with van der Waals surface area (Å²) in [5, 5.41) is 13.5. The highest BCUT2D eigenvalue weighted by molar-refractivity contribution is 7.88. The Morgan fingerprint density at radius 3 is 2.65 bits per heavy atom. The van der Waals surface area contributed by atoms with E-state index < -0.39 is 20.9 Å². The molecule has 0 saturated heterocycles. The van der Waals surface area contributed by atoms with Crippen LogP contribution in [0, 0.1) is 10.1 Å². The normalized spacial score (nSPS) is 14.5. The molecule has 0 unspecified atom stereocenters. The Morgan fingerprint density at radius 1 is 1.19 bits per heavy atom. The topological polar surface area (TPSA) is 110 Å². The fourth-order valence-electron chi connectivity index (χ4n) is 2.86. The zero-order valence-corrected chi connectivity index (χ0v) is 14.8. The van der Waals surface area contributed by atoms with E-state index in [1.807, 2.05) is 6.07 Å². The first-order valence-corrected chi connectivity index (χ1v) is 9.71. The van der Waals surface area contributed by atoms with E-state index in [0.717, 1.165) is 11.1 Å². The van der Waals surface area contributed by atoms with Crippen molar-refractivity contribution in [1.29, 1.82) is 0 Å². The fourth-order valence-corrected chi connectivity index (χ4v) is 3.65. The van der Waals surface area contributed by atoms with E-state index in [0.29, 0.717) is 18.7 Å². The van der Waals surface area contributed by atoms with Gasteiger partial charge in [0.25, 0.3) is 11.6 Å². The van der Waals surface area contributed by atoms with E-state index in [-0.39, 0.29) is 17.8 Å². The van der Waals surface area contributed by atoms with Gasteiger partial charge in [-0.3, -0.25) is 14.9 Å². The van der Waals surface area contributed by atoms with Crippen molar-refractivity contribution in [3.05, 3.63) is 69.3 Å². The van der Waals surface area contributed by atoms with Crippen LogP contribution in [0.25, 0.3) is 0 Å². The fraction of sp³-hybridized carbons (Fsp3) is 0.235. The summed E-state index contributed by atoms with van der Waals surface area (Å²) in [5.41, 5.74) is 2.40. The molecular formula is C17H17N3O5S. The van der Waals surface area contributed by atoms with Gasteiger partial charge in [0.15, 0.2) is 0 Å². The van der Waals surface area contributed by atoms with E-state index in [4.69, 9.17) is 0 Å². The van der Waals surface area contributed by atoms with Crippen molar-refractivity contribution in [3.63, 3.8) is 0 Å². The average molecular weight is 375 g/mol. The van der Waals surface area contributed by atoms with E-state index in [1.165, 1.54) is 34.8 Å². The zero-order chi connectivity index (χ0) is 18.9. The van der Waals surface area contributed by atoms with Crippen LogP contribution in [-0.2, 0) is 23.0 Å². The van der Waals surface area contributed by atoms with Crippen molar-refractivity contribution < 1.29 is 18.1 Å². The third-order valence-corrected chi connectivity index (χ3v) is 5.48. The molecule has 9 heteroatoms. The number of fused-ring (bicyclic) bond motifs is 1.